The molecule has 0 spiro atoms. The van der Waals surface area contributed by atoms with E-state index in [0.29, 0.717) is 0 Å². The summed E-state index contributed by atoms with van der Waals surface area (Å²) in [5.74, 6) is 0.815. The zero-order valence-corrected chi connectivity index (χ0v) is 9.38. The van der Waals surface area contributed by atoms with Crippen LogP contribution in [0.25, 0.3) is 0 Å². The third kappa shape index (κ3) is 2.16. The van der Waals surface area contributed by atoms with Crippen molar-refractivity contribution in [2.45, 2.75) is 23.9 Å². The predicted molar refractivity (Wildman–Crippen MR) is 61.7 cm³/mol. The first-order chi connectivity index (χ1) is 7.18. The number of thioether (sulfide) groups is 1. The molecule has 1 aliphatic rings. The number of amides is 1. The minimum absolute atomic E-state index is 0.0858. The summed E-state index contributed by atoms with van der Waals surface area (Å²) in [6.07, 6.45) is 0. The molecule has 0 fully saturated rings. The number of nitrogens with two attached hydrogens (primary N) is 1. The highest BCUT2D eigenvalue weighted by atomic mass is 32.2. The van der Waals surface area contributed by atoms with Gasteiger partial charge in [0, 0.05) is 10.6 Å². The van der Waals surface area contributed by atoms with Gasteiger partial charge in [0.25, 0.3) is 0 Å². The Labute approximate surface area is 93.4 Å². The van der Waals surface area contributed by atoms with Gasteiger partial charge in [-0.1, -0.05) is 18.2 Å². The van der Waals surface area contributed by atoms with Gasteiger partial charge in [-0.15, -0.1) is 11.8 Å². The van der Waals surface area contributed by atoms with E-state index in [1.165, 1.54) is 10.5 Å². The van der Waals surface area contributed by atoms with Crippen LogP contribution < -0.4 is 11.1 Å². The lowest BCUT2D eigenvalue weighted by Crippen LogP contribution is -2.40. The van der Waals surface area contributed by atoms with Crippen LogP contribution in [0.4, 0.5) is 0 Å². The number of hydrogen-bond donors (Lipinski definition) is 2. The first-order valence-electron chi connectivity index (χ1n) is 4.96. The van der Waals surface area contributed by atoms with Crippen molar-refractivity contribution in [2.75, 3.05) is 5.75 Å². The number of fused-ring (bicyclic) bond motifs is 1. The summed E-state index contributed by atoms with van der Waals surface area (Å²) in [5.41, 5.74) is 6.72. The maximum Gasteiger partial charge on any atom is 0.237 e. The molecule has 0 aromatic heterocycles. The minimum atomic E-state index is -0.442. The van der Waals surface area contributed by atoms with Crippen molar-refractivity contribution in [1.29, 1.82) is 0 Å². The monoisotopic (exact) mass is 222 g/mol. The van der Waals surface area contributed by atoms with Gasteiger partial charge in [0.2, 0.25) is 5.91 Å². The van der Waals surface area contributed by atoms with E-state index in [-0.39, 0.29) is 11.9 Å². The highest BCUT2D eigenvalue weighted by Gasteiger charge is 2.24. The average Bonchev–Trinajstić information content (AvgIpc) is 2.62. The van der Waals surface area contributed by atoms with Gasteiger partial charge >= 0.3 is 0 Å². The maximum atomic E-state index is 11.5. The molecule has 1 unspecified atom stereocenters. The smallest absolute Gasteiger partial charge is 0.237 e. The van der Waals surface area contributed by atoms with E-state index >= 15 is 0 Å². The van der Waals surface area contributed by atoms with E-state index in [1.807, 2.05) is 12.1 Å². The standard InChI is InChI=1S/C11H14N2OS/c1-7(12)11(14)13-9-6-15-10-5-3-2-4-8(9)10/h2-5,7,9H,6,12H2,1H3,(H,13,14)/t7-,9?/m0/s1. The summed E-state index contributed by atoms with van der Waals surface area (Å²) >= 11 is 1.77. The van der Waals surface area contributed by atoms with Crippen molar-refractivity contribution >= 4 is 17.7 Å². The van der Waals surface area contributed by atoms with E-state index in [9.17, 15) is 4.79 Å². The van der Waals surface area contributed by atoms with Crippen LogP contribution in [0.5, 0.6) is 0 Å². The zero-order chi connectivity index (χ0) is 10.8. The van der Waals surface area contributed by atoms with Gasteiger partial charge < -0.3 is 11.1 Å². The Hall–Kier alpha value is -1.00. The van der Waals surface area contributed by atoms with Crippen LogP contribution in [-0.2, 0) is 4.79 Å². The molecular formula is C11H14N2OS. The van der Waals surface area contributed by atoms with Gasteiger partial charge in [-0.25, -0.2) is 0 Å². The van der Waals surface area contributed by atoms with E-state index in [1.54, 1.807) is 18.7 Å². The molecule has 2 rings (SSSR count). The molecule has 1 aromatic rings. The molecule has 0 bridgehead atoms. The molecule has 15 heavy (non-hydrogen) atoms. The molecule has 0 aliphatic carbocycles. The third-order valence-electron chi connectivity index (χ3n) is 2.43. The summed E-state index contributed by atoms with van der Waals surface area (Å²) in [6, 6.07) is 7.82. The summed E-state index contributed by atoms with van der Waals surface area (Å²) in [6.45, 7) is 1.70. The number of carbonyl (C=O) groups is 1. The molecule has 3 N–H and O–H groups in total. The molecule has 1 aromatic carbocycles. The summed E-state index contributed by atoms with van der Waals surface area (Å²) < 4.78 is 0. The van der Waals surface area contributed by atoms with Gasteiger partial charge in [0.15, 0.2) is 0 Å². The third-order valence-corrected chi connectivity index (χ3v) is 3.61. The van der Waals surface area contributed by atoms with Crippen molar-refractivity contribution < 1.29 is 4.79 Å². The highest BCUT2D eigenvalue weighted by Crippen LogP contribution is 2.37. The molecule has 0 radical (unpaired) electrons. The van der Waals surface area contributed by atoms with Crippen molar-refractivity contribution in [3.05, 3.63) is 29.8 Å². The lowest BCUT2D eigenvalue weighted by atomic mass is 10.1. The average molecular weight is 222 g/mol. The Balaban J connectivity index is 2.11. The fourth-order valence-electron chi connectivity index (χ4n) is 1.59. The van der Waals surface area contributed by atoms with Gasteiger partial charge in [0.1, 0.15) is 0 Å². The quantitative estimate of drug-likeness (QED) is 0.793. The van der Waals surface area contributed by atoms with Crippen molar-refractivity contribution in [2.24, 2.45) is 5.73 Å². The predicted octanol–water partition coefficient (Wildman–Crippen LogP) is 1.30. The molecule has 3 nitrogen and oxygen atoms in total. The van der Waals surface area contributed by atoms with Crippen LogP contribution in [0.1, 0.15) is 18.5 Å². The molecule has 0 saturated heterocycles. The Morgan fingerprint density at radius 2 is 2.33 bits per heavy atom. The lowest BCUT2D eigenvalue weighted by molar-refractivity contribution is -0.122. The normalized spacial score (nSPS) is 20.8. The van der Waals surface area contributed by atoms with Gasteiger partial charge in [-0.05, 0) is 18.6 Å². The topological polar surface area (TPSA) is 55.1 Å². The van der Waals surface area contributed by atoms with E-state index < -0.39 is 6.04 Å². The highest BCUT2D eigenvalue weighted by molar-refractivity contribution is 7.99. The van der Waals surface area contributed by atoms with Crippen molar-refractivity contribution in [3.63, 3.8) is 0 Å². The van der Waals surface area contributed by atoms with Crippen LogP contribution >= 0.6 is 11.8 Å². The van der Waals surface area contributed by atoms with E-state index in [0.717, 1.165) is 5.75 Å². The molecule has 80 valence electrons. The SMILES string of the molecule is C[C@H](N)C(=O)NC1CSc2ccccc21. The van der Waals surface area contributed by atoms with Crippen molar-refractivity contribution in [3.8, 4) is 0 Å². The Morgan fingerprint density at radius 1 is 1.60 bits per heavy atom. The number of hydrogen-bond acceptors (Lipinski definition) is 3. The second-order valence-electron chi connectivity index (χ2n) is 3.70. The molecule has 1 heterocycles. The molecule has 0 saturated carbocycles. The molecular weight excluding hydrogens is 208 g/mol. The number of nitrogens with one attached hydrogen (secondary N) is 1. The number of carbonyl (C=O) groups excluding carboxylic acids is 1. The summed E-state index contributed by atoms with van der Waals surface area (Å²) in [7, 11) is 0. The summed E-state index contributed by atoms with van der Waals surface area (Å²) in [4.78, 5) is 12.7. The first-order valence-corrected chi connectivity index (χ1v) is 5.94. The fourth-order valence-corrected chi connectivity index (χ4v) is 2.75. The fraction of sp³-hybridized carbons (Fsp3) is 0.364. The Morgan fingerprint density at radius 3 is 3.07 bits per heavy atom. The molecule has 4 heteroatoms. The van der Waals surface area contributed by atoms with Crippen LogP contribution in [0.15, 0.2) is 29.2 Å². The van der Waals surface area contributed by atoms with Crippen LogP contribution in [-0.4, -0.2) is 17.7 Å². The van der Waals surface area contributed by atoms with Crippen LogP contribution in [0.2, 0.25) is 0 Å². The Kier molecular flexibility index (Phi) is 2.98. The molecule has 1 aliphatic heterocycles. The zero-order valence-electron chi connectivity index (χ0n) is 8.57. The van der Waals surface area contributed by atoms with Crippen LogP contribution in [0.3, 0.4) is 0 Å². The maximum absolute atomic E-state index is 11.5. The molecule has 1 amide bonds. The van der Waals surface area contributed by atoms with Crippen molar-refractivity contribution in [1.82, 2.24) is 5.32 Å². The number of benzene rings is 1. The lowest BCUT2D eigenvalue weighted by Gasteiger charge is -2.14. The Bertz CT molecular complexity index is 379. The van der Waals surface area contributed by atoms with Gasteiger partial charge in [-0.2, -0.15) is 0 Å². The number of rotatable bonds is 2. The van der Waals surface area contributed by atoms with Gasteiger partial charge in [0.05, 0.1) is 12.1 Å². The van der Waals surface area contributed by atoms with Gasteiger partial charge in [-0.3, -0.25) is 4.79 Å². The minimum Gasteiger partial charge on any atom is -0.347 e. The largest absolute Gasteiger partial charge is 0.347 e. The van der Waals surface area contributed by atoms with Crippen LogP contribution in [0, 0.1) is 0 Å². The van der Waals surface area contributed by atoms with E-state index in [4.69, 9.17) is 5.73 Å². The second-order valence-corrected chi connectivity index (χ2v) is 4.76. The first kappa shape index (κ1) is 10.5. The summed E-state index contributed by atoms with van der Waals surface area (Å²) in [5, 5.41) is 2.95. The molecule has 2 atom stereocenters. The second kappa shape index (κ2) is 4.24. The van der Waals surface area contributed by atoms with E-state index in [2.05, 4.69) is 17.4 Å².